The number of rotatable bonds is 16. The highest BCUT2D eigenvalue weighted by Crippen LogP contribution is 2.32. The highest BCUT2D eigenvalue weighted by Gasteiger charge is 2.28. The van der Waals surface area contributed by atoms with Gasteiger partial charge in [0.25, 0.3) is 10.0 Å². The molecule has 1 amide bonds. The van der Waals surface area contributed by atoms with Crippen LogP contribution < -0.4 is 20.1 Å². The standard InChI is InChI=1S/C26H38BrN3O8S/c1-26(2,3)38-25(31)29-11-13-35-15-17-37-18-16-36-14-12-30(22-8-5-20(27)6-9-22)39(32,33)24-19-21(28)7-10-23(24)34-4/h5-10,19H,11-18,28H2,1-4H3,(H,29,31). The normalized spacial score (nSPS) is 11.7. The van der Waals surface area contributed by atoms with E-state index in [1.54, 1.807) is 51.1 Å². The van der Waals surface area contributed by atoms with Crippen molar-refractivity contribution in [2.45, 2.75) is 31.3 Å². The molecular formula is C26H38BrN3O8S. The van der Waals surface area contributed by atoms with Gasteiger partial charge in [0.2, 0.25) is 0 Å². The minimum absolute atomic E-state index is 0.0300. The van der Waals surface area contributed by atoms with Gasteiger partial charge < -0.3 is 34.7 Å². The maximum absolute atomic E-state index is 13.6. The van der Waals surface area contributed by atoms with Crippen LogP contribution in [0.3, 0.4) is 0 Å². The molecule has 0 aliphatic rings. The molecule has 0 atom stereocenters. The predicted molar refractivity (Wildman–Crippen MR) is 153 cm³/mol. The third kappa shape index (κ3) is 11.6. The van der Waals surface area contributed by atoms with Crippen molar-refractivity contribution in [1.29, 1.82) is 0 Å². The lowest BCUT2D eigenvalue weighted by molar-refractivity contribution is 0.0154. The smallest absolute Gasteiger partial charge is 0.407 e. The van der Waals surface area contributed by atoms with E-state index in [9.17, 15) is 13.2 Å². The number of hydrogen-bond donors (Lipinski definition) is 2. The van der Waals surface area contributed by atoms with E-state index < -0.39 is 21.7 Å². The second-order valence-corrected chi connectivity index (χ2v) is 12.0. The largest absolute Gasteiger partial charge is 0.495 e. The highest BCUT2D eigenvalue weighted by atomic mass is 79.9. The van der Waals surface area contributed by atoms with E-state index in [-0.39, 0.29) is 30.4 Å². The molecule has 11 nitrogen and oxygen atoms in total. The third-order valence-electron chi connectivity index (χ3n) is 4.97. The third-order valence-corrected chi connectivity index (χ3v) is 7.34. The Morgan fingerprint density at radius 2 is 1.54 bits per heavy atom. The van der Waals surface area contributed by atoms with E-state index >= 15 is 0 Å². The SMILES string of the molecule is COc1ccc(N)cc1S(=O)(=O)N(CCOCCOCCOCCNC(=O)OC(C)(C)C)c1ccc(Br)cc1. The van der Waals surface area contributed by atoms with Gasteiger partial charge in [0.05, 0.1) is 59.0 Å². The zero-order valence-electron chi connectivity index (χ0n) is 22.8. The topological polar surface area (TPSA) is 139 Å². The van der Waals surface area contributed by atoms with Crippen molar-refractivity contribution in [2.24, 2.45) is 0 Å². The Kier molecular flexibility index (Phi) is 13.3. The number of halogens is 1. The van der Waals surface area contributed by atoms with Crippen molar-refractivity contribution in [3.05, 3.63) is 46.9 Å². The van der Waals surface area contributed by atoms with Gasteiger partial charge >= 0.3 is 6.09 Å². The monoisotopic (exact) mass is 631 g/mol. The minimum Gasteiger partial charge on any atom is -0.495 e. The van der Waals surface area contributed by atoms with Gasteiger partial charge in [-0.25, -0.2) is 13.2 Å². The Morgan fingerprint density at radius 3 is 2.13 bits per heavy atom. The van der Waals surface area contributed by atoms with E-state index in [2.05, 4.69) is 21.2 Å². The van der Waals surface area contributed by atoms with Crippen LogP contribution in [0, 0.1) is 0 Å². The van der Waals surface area contributed by atoms with Gasteiger partial charge in [-0.05, 0) is 63.2 Å². The Labute approximate surface area is 239 Å². The number of carbonyl (C=O) groups is 1. The lowest BCUT2D eigenvalue weighted by Gasteiger charge is -2.25. The molecule has 0 aliphatic carbocycles. The molecule has 218 valence electrons. The van der Waals surface area contributed by atoms with E-state index in [1.807, 2.05) is 0 Å². The quantitative estimate of drug-likeness (QED) is 0.209. The molecule has 0 saturated carbocycles. The molecule has 0 unspecified atom stereocenters. The fourth-order valence-corrected chi connectivity index (χ4v) is 5.14. The van der Waals surface area contributed by atoms with Crippen molar-refractivity contribution >= 4 is 43.4 Å². The average molecular weight is 633 g/mol. The van der Waals surface area contributed by atoms with Crippen LogP contribution in [0.4, 0.5) is 16.2 Å². The first-order valence-corrected chi connectivity index (χ1v) is 14.6. The molecule has 0 saturated heterocycles. The van der Waals surface area contributed by atoms with Crippen LogP contribution in [-0.2, 0) is 29.0 Å². The number of nitrogens with two attached hydrogens (primary N) is 1. The molecule has 13 heteroatoms. The Morgan fingerprint density at radius 1 is 0.949 bits per heavy atom. The van der Waals surface area contributed by atoms with E-state index in [0.717, 1.165) is 4.47 Å². The summed E-state index contributed by atoms with van der Waals surface area (Å²) in [4.78, 5) is 11.5. The van der Waals surface area contributed by atoms with Crippen LogP contribution in [0.2, 0.25) is 0 Å². The van der Waals surface area contributed by atoms with Gasteiger partial charge in [0, 0.05) is 16.7 Å². The Bertz CT molecular complexity index is 1140. The number of benzene rings is 2. The molecule has 0 bridgehead atoms. The summed E-state index contributed by atoms with van der Waals surface area (Å²) in [5.41, 5.74) is 6.10. The number of nitrogens with one attached hydrogen (secondary N) is 1. The maximum Gasteiger partial charge on any atom is 0.407 e. The van der Waals surface area contributed by atoms with E-state index in [4.69, 9.17) is 29.4 Å². The molecule has 2 aromatic rings. The van der Waals surface area contributed by atoms with Gasteiger partial charge in [-0.1, -0.05) is 15.9 Å². The predicted octanol–water partition coefficient (Wildman–Crippen LogP) is 3.81. The van der Waals surface area contributed by atoms with Gasteiger partial charge in [-0.15, -0.1) is 0 Å². The molecule has 0 radical (unpaired) electrons. The number of carbonyl (C=O) groups excluding carboxylic acids is 1. The Hall–Kier alpha value is -2.58. The molecule has 0 aliphatic heterocycles. The number of amides is 1. The zero-order chi connectivity index (χ0) is 28.9. The summed E-state index contributed by atoms with van der Waals surface area (Å²) in [6.45, 7) is 7.54. The van der Waals surface area contributed by atoms with E-state index in [0.29, 0.717) is 44.3 Å². The fraction of sp³-hybridized carbons (Fsp3) is 0.500. The molecule has 0 fully saturated rings. The summed E-state index contributed by atoms with van der Waals surface area (Å²) in [6, 6.07) is 11.4. The molecule has 39 heavy (non-hydrogen) atoms. The van der Waals surface area contributed by atoms with Crippen molar-refractivity contribution in [1.82, 2.24) is 5.32 Å². The summed E-state index contributed by atoms with van der Waals surface area (Å²) in [6.07, 6.45) is -0.488. The average Bonchev–Trinajstić information content (AvgIpc) is 2.86. The molecule has 0 aromatic heterocycles. The maximum atomic E-state index is 13.6. The lowest BCUT2D eigenvalue weighted by atomic mass is 10.2. The summed E-state index contributed by atoms with van der Waals surface area (Å²) in [5, 5.41) is 2.61. The first-order chi connectivity index (χ1) is 18.4. The molecule has 3 N–H and O–H groups in total. The number of anilines is 2. The lowest BCUT2D eigenvalue weighted by Crippen LogP contribution is -2.34. The number of methoxy groups -OCH3 is 1. The van der Waals surface area contributed by atoms with E-state index in [1.165, 1.54) is 23.5 Å². The van der Waals surface area contributed by atoms with Crippen molar-refractivity contribution in [2.75, 3.05) is 69.9 Å². The van der Waals surface area contributed by atoms with Gasteiger partial charge in [-0.3, -0.25) is 4.31 Å². The van der Waals surface area contributed by atoms with Crippen LogP contribution in [0.15, 0.2) is 51.8 Å². The first kappa shape index (κ1) is 32.6. The second-order valence-electron chi connectivity index (χ2n) is 9.23. The summed E-state index contributed by atoms with van der Waals surface area (Å²) >= 11 is 3.37. The van der Waals surface area contributed by atoms with Gasteiger partial charge in [-0.2, -0.15) is 0 Å². The zero-order valence-corrected chi connectivity index (χ0v) is 25.2. The number of hydrogen-bond acceptors (Lipinski definition) is 9. The number of nitrogens with zero attached hydrogens (tertiary/aromatic N) is 1. The molecule has 2 rings (SSSR count). The van der Waals surface area contributed by atoms with Gasteiger partial charge in [0.15, 0.2) is 0 Å². The molecule has 0 spiro atoms. The highest BCUT2D eigenvalue weighted by molar-refractivity contribution is 9.10. The summed E-state index contributed by atoms with van der Waals surface area (Å²) in [5.74, 6) is 0.198. The van der Waals surface area contributed by atoms with Crippen molar-refractivity contribution in [3.8, 4) is 5.75 Å². The molecular weight excluding hydrogens is 594 g/mol. The number of alkyl carbamates (subject to hydrolysis) is 1. The van der Waals surface area contributed by atoms with Crippen LogP contribution in [0.5, 0.6) is 5.75 Å². The van der Waals surface area contributed by atoms with Crippen LogP contribution >= 0.6 is 15.9 Å². The molecule has 0 heterocycles. The summed E-state index contributed by atoms with van der Waals surface area (Å²) in [7, 11) is -2.60. The fourth-order valence-electron chi connectivity index (χ4n) is 3.24. The van der Waals surface area contributed by atoms with Crippen molar-refractivity contribution in [3.63, 3.8) is 0 Å². The number of nitrogen functional groups attached to an aromatic ring is 1. The summed E-state index contributed by atoms with van der Waals surface area (Å²) < 4.78 is 56.3. The van der Waals surface area contributed by atoms with Crippen LogP contribution in [-0.4, -0.2) is 80.0 Å². The number of ether oxygens (including phenoxy) is 5. The minimum atomic E-state index is -4.01. The van der Waals surface area contributed by atoms with Gasteiger partial charge in [0.1, 0.15) is 16.2 Å². The number of sulfonamides is 1. The van der Waals surface area contributed by atoms with Crippen LogP contribution in [0.25, 0.3) is 0 Å². The first-order valence-electron chi connectivity index (χ1n) is 12.4. The van der Waals surface area contributed by atoms with Crippen molar-refractivity contribution < 1.29 is 36.9 Å². The Balaban J connectivity index is 1.77. The molecule has 2 aromatic carbocycles. The van der Waals surface area contributed by atoms with Crippen LogP contribution in [0.1, 0.15) is 20.8 Å². The second kappa shape index (κ2) is 15.9.